The number of hydrogen-bond acceptors (Lipinski definition) is 0. The quantitative estimate of drug-likeness (QED) is 0.570. The van der Waals surface area contributed by atoms with E-state index < -0.39 is 0 Å². The maximum atomic E-state index is 2.40. The summed E-state index contributed by atoms with van der Waals surface area (Å²) >= 11 is 0. The minimum Gasteiger partial charge on any atom is -0.0625 e. The normalized spacial score (nSPS) is 24.5. The van der Waals surface area contributed by atoms with Crippen LogP contribution in [0.1, 0.15) is 68.9 Å². The van der Waals surface area contributed by atoms with E-state index >= 15 is 0 Å². The predicted molar refractivity (Wildman–Crippen MR) is 103 cm³/mol. The van der Waals surface area contributed by atoms with E-state index in [0.717, 1.165) is 17.8 Å². The van der Waals surface area contributed by atoms with Crippen LogP contribution in [0, 0.1) is 11.8 Å². The van der Waals surface area contributed by atoms with Gasteiger partial charge in [-0.25, -0.2) is 0 Å². The van der Waals surface area contributed by atoms with Crippen LogP contribution in [0.3, 0.4) is 0 Å². The van der Waals surface area contributed by atoms with Crippen molar-refractivity contribution >= 4 is 0 Å². The maximum absolute atomic E-state index is 2.40. The molecule has 24 heavy (non-hydrogen) atoms. The van der Waals surface area contributed by atoms with Crippen molar-refractivity contribution in [2.75, 3.05) is 0 Å². The Morgan fingerprint density at radius 3 is 1.83 bits per heavy atom. The van der Waals surface area contributed by atoms with Crippen LogP contribution in [0.2, 0.25) is 0 Å². The monoisotopic (exact) mass is 318 g/mol. The number of rotatable bonds is 4. The van der Waals surface area contributed by atoms with Crippen molar-refractivity contribution < 1.29 is 0 Å². The Morgan fingerprint density at radius 1 is 0.708 bits per heavy atom. The minimum absolute atomic E-state index is 0.792. The predicted octanol–water partition coefficient (Wildman–Crippen LogP) is 6.99. The molecule has 2 saturated carbocycles. The number of benzene rings is 2. The van der Waals surface area contributed by atoms with Gasteiger partial charge in [-0.15, -0.1) is 0 Å². The molecule has 0 heteroatoms. The van der Waals surface area contributed by atoms with Crippen molar-refractivity contribution in [2.24, 2.45) is 11.8 Å². The summed E-state index contributed by atoms with van der Waals surface area (Å²) in [6.45, 7) is 2.40. The third-order valence-corrected chi connectivity index (χ3v) is 6.43. The first kappa shape index (κ1) is 15.9. The highest BCUT2D eigenvalue weighted by Gasteiger charge is 2.20. The third kappa shape index (κ3) is 3.58. The van der Waals surface area contributed by atoms with Crippen molar-refractivity contribution in [3.63, 3.8) is 0 Å². The highest BCUT2D eigenvalue weighted by molar-refractivity contribution is 5.64. The van der Waals surface area contributed by atoms with Gasteiger partial charge in [-0.3, -0.25) is 0 Å². The summed E-state index contributed by atoms with van der Waals surface area (Å²) in [5.74, 6) is 2.67. The zero-order valence-corrected chi connectivity index (χ0v) is 15.0. The summed E-state index contributed by atoms with van der Waals surface area (Å²) < 4.78 is 0. The molecule has 0 nitrogen and oxygen atoms in total. The Kier molecular flexibility index (Phi) is 4.74. The topological polar surface area (TPSA) is 0 Å². The molecule has 2 aromatic carbocycles. The zero-order valence-electron chi connectivity index (χ0n) is 15.0. The van der Waals surface area contributed by atoms with Gasteiger partial charge >= 0.3 is 0 Å². The average Bonchev–Trinajstić information content (AvgIpc) is 2.60. The van der Waals surface area contributed by atoms with Gasteiger partial charge in [0.05, 0.1) is 0 Å². The molecule has 0 heterocycles. The second-order valence-corrected chi connectivity index (χ2v) is 8.28. The second kappa shape index (κ2) is 7.13. The molecule has 0 saturated heterocycles. The van der Waals surface area contributed by atoms with Crippen molar-refractivity contribution in [3.05, 3.63) is 59.7 Å². The molecule has 126 valence electrons. The van der Waals surface area contributed by atoms with E-state index in [1.807, 2.05) is 0 Å². The summed E-state index contributed by atoms with van der Waals surface area (Å²) in [7, 11) is 0. The van der Waals surface area contributed by atoms with E-state index in [1.54, 1.807) is 5.56 Å². The van der Waals surface area contributed by atoms with Gasteiger partial charge in [0, 0.05) is 0 Å². The molecule has 2 aliphatic carbocycles. The lowest BCUT2D eigenvalue weighted by Gasteiger charge is -2.26. The number of hydrogen-bond donors (Lipinski definition) is 0. The van der Waals surface area contributed by atoms with E-state index in [-0.39, 0.29) is 0 Å². The molecule has 2 fully saturated rings. The average molecular weight is 319 g/mol. The van der Waals surface area contributed by atoms with Crippen LogP contribution in [0.5, 0.6) is 0 Å². The Balaban J connectivity index is 1.42. The molecule has 0 amide bonds. The van der Waals surface area contributed by atoms with Gasteiger partial charge < -0.3 is 0 Å². The van der Waals surface area contributed by atoms with Gasteiger partial charge in [0.2, 0.25) is 0 Å². The molecular weight excluding hydrogens is 288 g/mol. The molecule has 0 spiro atoms. The van der Waals surface area contributed by atoms with Crippen molar-refractivity contribution in [2.45, 2.75) is 64.2 Å². The van der Waals surface area contributed by atoms with Crippen LogP contribution in [-0.2, 0) is 6.42 Å². The van der Waals surface area contributed by atoms with E-state index in [0.29, 0.717) is 0 Å². The first-order valence-electron chi connectivity index (χ1n) is 9.97. The molecule has 0 aromatic heterocycles. The first-order chi connectivity index (χ1) is 11.8. The molecule has 4 rings (SSSR count). The molecule has 2 aromatic rings. The smallest absolute Gasteiger partial charge is 0.0162 e. The fraction of sp³-hybridized carbons (Fsp3) is 0.500. The summed E-state index contributed by atoms with van der Waals surface area (Å²) in [4.78, 5) is 0. The van der Waals surface area contributed by atoms with Crippen molar-refractivity contribution in [3.8, 4) is 11.1 Å². The largest absolute Gasteiger partial charge is 0.0625 e. The molecule has 2 aliphatic rings. The lowest BCUT2D eigenvalue weighted by molar-refractivity contribution is 0.314. The Labute approximate surface area is 147 Å². The lowest BCUT2D eigenvalue weighted by Crippen LogP contribution is -2.13. The highest BCUT2D eigenvalue weighted by atomic mass is 14.2. The summed E-state index contributed by atoms with van der Waals surface area (Å²) in [6, 6.07) is 18.7. The van der Waals surface area contributed by atoms with E-state index in [2.05, 4.69) is 55.5 Å². The minimum atomic E-state index is 0.792. The van der Waals surface area contributed by atoms with Gasteiger partial charge in [-0.2, -0.15) is 0 Å². The fourth-order valence-electron chi connectivity index (χ4n) is 4.40. The molecule has 0 radical (unpaired) electrons. The Morgan fingerprint density at radius 2 is 1.29 bits per heavy atom. The maximum Gasteiger partial charge on any atom is -0.0162 e. The SMILES string of the molecule is CC1CCC(c2ccc(-c3ccc(CC4CCC4)cc3)cc2)CC1. The van der Waals surface area contributed by atoms with Crippen LogP contribution in [0.25, 0.3) is 11.1 Å². The Hall–Kier alpha value is -1.56. The molecule has 0 aliphatic heterocycles. The fourth-order valence-corrected chi connectivity index (χ4v) is 4.40. The first-order valence-corrected chi connectivity index (χ1v) is 9.97. The van der Waals surface area contributed by atoms with Crippen molar-refractivity contribution in [1.29, 1.82) is 0 Å². The molecular formula is C24H30. The molecule has 0 unspecified atom stereocenters. The zero-order chi connectivity index (χ0) is 16.4. The van der Waals surface area contributed by atoms with Crippen molar-refractivity contribution in [1.82, 2.24) is 0 Å². The summed E-state index contributed by atoms with van der Waals surface area (Å²) in [5, 5.41) is 0. The van der Waals surface area contributed by atoms with Gasteiger partial charge in [-0.05, 0) is 59.3 Å². The third-order valence-electron chi connectivity index (χ3n) is 6.43. The van der Waals surface area contributed by atoms with E-state index in [1.165, 1.54) is 68.1 Å². The summed E-state index contributed by atoms with van der Waals surface area (Å²) in [5.41, 5.74) is 5.78. The standard InChI is InChI=1S/C24H30/c1-18-5-9-21(10-6-18)23-13-15-24(16-14-23)22-11-7-20(8-12-22)17-19-3-2-4-19/h7-8,11-16,18-19,21H,2-6,9-10,17H2,1H3. The lowest BCUT2D eigenvalue weighted by atomic mass is 9.79. The van der Waals surface area contributed by atoms with Crippen LogP contribution in [0.4, 0.5) is 0 Å². The Bertz CT molecular complexity index is 637. The molecule has 0 N–H and O–H groups in total. The van der Waals surface area contributed by atoms with Gasteiger partial charge in [0.1, 0.15) is 0 Å². The second-order valence-electron chi connectivity index (χ2n) is 8.28. The van der Waals surface area contributed by atoms with Crippen LogP contribution in [0.15, 0.2) is 48.5 Å². The van der Waals surface area contributed by atoms with Crippen LogP contribution >= 0.6 is 0 Å². The van der Waals surface area contributed by atoms with Crippen LogP contribution < -0.4 is 0 Å². The van der Waals surface area contributed by atoms with E-state index in [4.69, 9.17) is 0 Å². The van der Waals surface area contributed by atoms with Crippen LogP contribution in [-0.4, -0.2) is 0 Å². The molecule has 0 bridgehead atoms. The highest BCUT2D eigenvalue weighted by Crippen LogP contribution is 2.36. The van der Waals surface area contributed by atoms with E-state index in [9.17, 15) is 0 Å². The summed E-state index contributed by atoms with van der Waals surface area (Å²) in [6.07, 6.45) is 11.1. The van der Waals surface area contributed by atoms with Gasteiger partial charge in [0.15, 0.2) is 0 Å². The molecule has 0 atom stereocenters. The van der Waals surface area contributed by atoms with Gasteiger partial charge in [0.25, 0.3) is 0 Å². The van der Waals surface area contributed by atoms with Gasteiger partial charge in [-0.1, -0.05) is 87.6 Å².